The first kappa shape index (κ1) is 17.7. The van der Waals surface area contributed by atoms with Crippen LogP contribution < -0.4 is 5.32 Å². The van der Waals surface area contributed by atoms with Crippen molar-refractivity contribution >= 4 is 27.9 Å². The van der Waals surface area contributed by atoms with Crippen LogP contribution in [-0.4, -0.2) is 46.6 Å². The Morgan fingerprint density at radius 2 is 1.96 bits per heavy atom. The molecule has 1 aromatic heterocycles. The number of carbonyl (C=O) groups is 2. The van der Waals surface area contributed by atoms with Crippen molar-refractivity contribution in [2.24, 2.45) is 0 Å². The molecule has 2 rings (SSSR count). The molecule has 0 saturated carbocycles. The van der Waals surface area contributed by atoms with E-state index in [1.807, 2.05) is 20.8 Å². The molecule has 126 valence electrons. The first-order valence-corrected chi connectivity index (χ1v) is 8.43. The lowest BCUT2D eigenvalue weighted by Crippen LogP contribution is -2.47. The Morgan fingerprint density at radius 1 is 1.30 bits per heavy atom. The smallest absolute Gasteiger partial charge is 0.410 e. The molecule has 2 heterocycles. The van der Waals surface area contributed by atoms with Crippen molar-refractivity contribution in [3.8, 4) is 0 Å². The zero-order chi connectivity index (χ0) is 17.0. The molecule has 1 aliphatic heterocycles. The average molecular weight is 384 g/mol. The van der Waals surface area contributed by atoms with Crippen LogP contribution in [-0.2, 0) is 4.74 Å². The largest absolute Gasteiger partial charge is 0.444 e. The number of rotatable bonds is 2. The summed E-state index contributed by atoms with van der Waals surface area (Å²) >= 11 is 3.30. The van der Waals surface area contributed by atoms with Gasteiger partial charge in [-0.05, 0) is 55.6 Å². The van der Waals surface area contributed by atoms with E-state index in [-0.39, 0.29) is 18.0 Å². The fourth-order valence-electron chi connectivity index (χ4n) is 2.34. The minimum atomic E-state index is -0.490. The molecule has 1 N–H and O–H groups in total. The summed E-state index contributed by atoms with van der Waals surface area (Å²) in [5.41, 5.74) is 0.0319. The third kappa shape index (κ3) is 5.49. The topological polar surface area (TPSA) is 71.5 Å². The first-order chi connectivity index (χ1) is 10.7. The van der Waals surface area contributed by atoms with E-state index >= 15 is 0 Å². The van der Waals surface area contributed by atoms with E-state index in [0.29, 0.717) is 31.5 Å². The van der Waals surface area contributed by atoms with Gasteiger partial charge in [0, 0.05) is 36.0 Å². The van der Waals surface area contributed by atoms with Crippen LogP contribution in [0.4, 0.5) is 4.79 Å². The lowest BCUT2D eigenvalue weighted by Gasteiger charge is -2.33. The highest BCUT2D eigenvalue weighted by Crippen LogP contribution is 2.16. The number of hydrogen-bond acceptors (Lipinski definition) is 4. The van der Waals surface area contributed by atoms with E-state index in [1.165, 1.54) is 6.20 Å². The van der Waals surface area contributed by atoms with Crippen molar-refractivity contribution in [2.45, 2.75) is 45.3 Å². The lowest BCUT2D eigenvalue weighted by atomic mass is 10.0. The molecule has 0 radical (unpaired) electrons. The van der Waals surface area contributed by atoms with E-state index in [2.05, 4.69) is 26.2 Å². The number of piperidine rings is 1. The monoisotopic (exact) mass is 383 g/mol. The van der Waals surface area contributed by atoms with E-state index in [0.717, 1.165) is 4.47 Å². The number of ether oxygens (including phenoxy) is 1. The van der Waals surface area contributed by atoms with E-state index in [4.69, 9.17) is 4.74 Å². The Bertz CT molecular complexity index is 578. The van der Waals surface area contributed by atoms with E-state index < -0.39 is 5.60 Å². The predicted molar refractivity (Wildman–Crippen MR) is 90.2 cm³/mol. The lowest BCUT2D eigenvalue weighted by molar-refractivity contribution is 0.0199. The molecule has 1 aromatic rings. The molecule has 0 aromatic carbocycles. The summed E-state index contributed by atoms with van der Waals surface area (Å²) in [7, 11) is 0. The Kier molecular flexibility index (Phi) is 5.62. The maximum absolute atomic E-state index is 12.2. The van der Waals surface area contributed by atoms with Crippen molar-refractivity contribution in [1.29, 1.82) is 0 Å². The van der Waals surface area contributed by atoms with Crippen LogP contribution >= 0.6 is 15.9 Å². The maximum Gasteiger partial charge on any atom is 0.410 e. The van der Waals surface area contributed by atoms with Gasteiger partial charge in [-0.15, -0.1) is 0 Å². The second-order valence-corrected chi connectivity index (χ2v) is 7.52. The zero-order valence-corrected chi connectivity index (χ0v) is 15.2. The Labute approximate surface area is 144 Å². The molecule has 1 aliphatic rings. The van der Waals surface area contributed by atoms with Gasteiger partial charge in [0.2, 0.25) is 0 Å². The van der Waals surface area contributed by atoms with Gasteiger partial charge in [0.05, 0.1) is 5.56 Å². The standard InChI is InChI=1S/C16H22BrN3O3/c1-16(2,3)23-15(22)20-6-4-13(5-7-20)19-14(21)11-8-12(17)10-18-9-11/h8-10,13H,4-7H2,1-3H3,(H,19,21). The summed E-state index contributed by atoms with van der Waals surface area (Å²) in [6, 6.07) is 1.79. The Morgan fingerprint density at radius 3 is 2.52 bits per heavy atom. The third-order valence-corrected chi connectivity index (χ3v) is 3.88. The van der Waals surface area contributed by atoms with Crippen LogP contribution in [0.1, 0.15) is 44.0 Å². The van der Waals surface area contributed by atoms with Gasteiger partial charge < -0.3 is 15.0 Å². The molecule has 0 atom stereocenters. The predicted octanol–water partition coefficient (Wildman–Crippen LogP) is 2.97. The van der Waals surface area contributed by atoms with Crippen molar-refractivity contribution in [3.05, 3.63) is 28.5 Å². The minimum absolute atomic E-state index is 0.0557. The summed E-state index contributed by atoms with van der Waals surface area (Å²) in [5.74, 6) is -0.144. The van der Waals surface area contributed by atoms with Gasteiger partial charge in [-0.3, -0.25) is 9.78 Å². The number of nitrogens with zero attached hydrogens (tertiary/aromatic N) is 2. The van der Waals surface area contributed by atoms with Gasteiger partial charge in [0.25, 0.3) is 5.91 Å². The highest BCUT2D eigenvalue weighted by atomic mass is 79.9. The molecule has 23 heavy (non-hydrogen) atoms. The minimum Gasteiger partial charge on any atom is -0.444 e. The molecule has 2 amide bonds. The number of hydrogen-bond donors (Lipinski definition) is 1. The molecular formula is C16H22BrN3O3. The normalized spacial score (nSPS) is 16.1. The molecule has 0 aliphatic carbocycles. The SMILES string of the molecule is CC(C)(C)OC(=O)N1CCC(NC(=O)c2cncc(Br)c2)CC1. The van der Waals surface area contributed by atoms with Gasteiger partial charge in [-0.2, -0.15) is 0 Å². The molecular weight excluding hydrogens is 362 g/mol. The second-order valence-electron chi connectivity index (χ2n) is 6.61. The van der Waals surface area contributed by atoms with Crippen LogP contribution in [0.15, 0.2) is 22.9 Å². The second kappa shape index (κ2) is 7.29. The van der Waals surface area contributed by atoms with Crippen molar-refractivity contribution in [2.75, 3.05) is 13.1 Å². The van der Waals surface area contributed by atoms with Gasteiger partial charge in [0.15, 0.2) is 0 Å². The highest BCUT2D eigenvalue weighted by Gasteiger charge is 2.27. The summed E-state index contributed by atoms with van der Waals surface area (Å²) < 4.78 is 6.13. The number of amides is 2. The van der Waals surface area contributed by atoms with E-state index in [1.54, 1.807) is 17.2 Å². The Hall–Kier alpha value is -1.63. The molecule has 1 saturated heterocycles. The molecule has 6 nitrogen and oxygen atoms in total. The molecule has 7 heteroatoms. The van der Waals surface area contributed by atoms with Gasteiger partial charge >= 0.3 is 6.09 Å². The van der Waals surface area contributed by atoms with Crippen LogP contribution in [0.3, 0.4) is 0 Å². The fraction of sp³-hybridized carbons (Fsp3) is 0.562. The molecule has 0 bridgehead atoms. The van der Waals surface area contributed by atoms with Gasteiger partial charge in [0.1, 0.15) is 5.60 Å². The number of halogens is 1. The van der Waals surface area contributed by atoms with Crippen LogP contribution in [0.2, 0.25) is 0 Å². The van der Waals surface area contributed by atoms with Crippen LogP contribution in [0.5, 0.6) is 0 Å². The zero-order valence-electron chi connectivity index (χ0n) is 13.6. The van der Waals surface area contributed by atoms with Crippen LogP contribution in [0, 0.1) is 0 Å². The first-order valence-electron chi connectivity index (χ1n) is 7.64. The number of nitrogens with one attached hydrogen (secondary N) is 1. The summed E-state index contributed by atoms with van der Waals surface area (Å²) in [5, 5.41) is 2.99. The third-order valence-electron chi connectivity index (χ3n) is 3.45. The number of likely N-dealkylation sites (tertiary alicyclic amines) is 1. The maximum atomic E-state index is 12.2. The molecule has 1 fully saturated rings. The molecule has 0 spiro atoms. The number of aromatic nitrogens is 1. The van der Waals surface area contributed by atoms with Gasteiger partial charge in [-0.1, -0.05) is 0 Å². The fourth-order valence-corrected chi connectivity index (χ4v) is 2.70. The Balaban J connectivity index is 1.83. The van der Waals surface area contributed by atoms with Crippen LogP contribution in [0.25, 0.3) is 0 Å². The van der Waals surface area contributed by atoms with Gasteiger partial charge in [-0.25, -0.2) is 4.79 Å². The summed E-state index contributed by atoms with van der Waals surface area (Å²) in [6.45, 7) is 6.71. The average Bonchev–Trinajstić information content (AvgIpc) is 2.46. The quantitative estimate of drug-likeness (QED) is 0.851. The molecule has 0 unspecified atom stereocenters. The van der Waals surface area contributed by atoms with Crippen molar-refractivity contribution in [3.63, 3.8) is 0 Å². The summed E-state index contributed by atoms with van der Waals surface area (Å²) in [6.07, 6.45) is 4.31. The van der Waals surface area contributed by atoms with Crippen molar-refractivity contribution < 1.29 is 14.3 Å². The number of carbonyl (C=O) groups excluding carboxylic acids is 2. The summed E-state index contributed by atoms with van der Waals surface area (Å²) in [4.78, 5) is 29.9. The van der Waals surface area contributed by atoms with Crippen molar-refractivity contribution in [1.82, 2.24) is 15.2 Å². The highest BCUT2D eigenvalue weighted by molar-refractivity contribution is 9.10. The number of pyridine rings is 1. The van der Waals surface area contributed by atoms with E-state index in [9.17, 15) is 9.59 Å².